The highest BCUT2D eigenvalue weighted by Crippen LogP contribution is 2.51. The van der Waals surface area contributed by atoms with Crippen molar-refractivity contribution in [2.45, 2.75) is 13.1 Å². The van der Waals surface area contributed by atoms with Crippen molar-refractivity contribution >= 4 is 30.7 Å². The van der Waals surface area contributed by atoms with Crippen LogP contribution in [-0.2, 0) is 4.21 Å². The molecule has 0 aliphatic heterocycles. The Morgan fingerprint density at radius 3 is 1.12 bits per heavy atom. The van der Waals surface area contributed by atoms with Crippen LogP contribution in [0.15, 0.2) is 231 Å². The Morgan fingerprint density at radius 1 is 0.323 bits per heavy atom. The lowest BCUT2D eigenvalue weighted by molar-refractivity contribution is -0.310. The normalized spacial score (nSPS) is 11.4. The summed E-state index contributed by atoms with van der Waals surface area (Å²) < 4.78 is 27.3. The van der Waals surface area contributed by atoms with Crippen molar-refractivity contribution in [1.82, 2.24) is 0 Å². The molecule has 0 N–H and O–H groups in total. The fraction of sp³-hybridized carbons (Fsp3) is 0.0357. The molecule has 320 valence electrons. The Labute approximate surface area is 384 Å². The van der Waals surface area contributed by atoms with Gasteiger partial charge in [0.2, 0.25) is 8.32 Å². The molecule has 0 atom stereocenters. The maximum atomic E-state index is 12.8. The van der Waals surface area contributed by atoms with Crippen LogP contribution in [0, 0.1) is 0 Å². The van der Waals surface area contributed by atoms with E-state index in [9.17, 15) is 9.79 Å². The molecule has 0 saturated carbocycles. The van der Waals surface area contributed by atoms with Gasteiger partial charge < -0.3 is 27.6 Å². The van der Waals surface area contributed by atoms with Crippen molar-refractivity contribution in [3.63, 3.8) is 0 Å². The molecular weight excluding hydrogens is 859 g/mol. The number of hydrogen-bond acceptors (Lipinski definition) is 6. The van der Waals surface area contributed by atoms with Gasteiger partial charge in [-0.25, -0.2) is 0 Å². The van der Waals surface area contributed by atoms with E-state index in [4.69, 9.17) is 17.8 Å². The summed E-state index contributed by atoms with van der Waals surface area (Å²) >= 11 is 0. The molecule has 0 bridgehead atoms. The average molecular weight is 903 g/mol. The third-order valence-electron chi connectivity index (χ3n) is 11.1. The van der Waals surface area contributed by atoms with Crippen molar-refractivity contribution in [2.24, 2.45) is 0 Å². The second-order valence-electron chi connectivity index (χ2n) is 15.7. The Bertz CT molecular complexity index is 2920. The zero-order chi connectivity index (χ0) is 44.6. The fourth-order valence-corrected chi connectivity index (χ4v) is 13.1. The molecule has 0 spiro atoms. The molecule has 9 rings (SSSR count). The predicted octanol–water partition coefficient (Wildman–Crippen LogP) is 13.8. The SMILES string of the molecule is C[Si](C)(OP(Oc1ccccc1-c1ccccc1)Oc1ccccc1-c1ccccc1)c1c(OP([O-])[O-])ccc(-c2ccccc2-c2ccccc2)c1-c1ccccc1-c1ccccc1. The van der Waals surface area contributed by atoms with Crippen LogP contribution < -0.4 is 28.5 Å². The molecule has 0 radical (unpaired) electrons. The van der Waals surface area contributed by atoms with Gasteiger partial charge in [-0.1, -0.05) is 221 Å². The van der Waals surface area contributed by atoms with E-state index in [1.807, 2.05) is 189 Å². The summed E-state index contributed by atoms with van der Waals surface area (Å²) in [5.41, 5.74) is 11.2. The summed E-state index contributed by atoms with van der Waals surface area (Å²) in [6.45, 7) is 4.09. The van der Waals surface area contributed by atoms with Gasteiger partial charge in [0.25, 0.3) is 0 Å². The van der Waals surface area contributed by atoms with E-state index in [0.29, 0.717) is 16.7 Å². The van der Waals surface area contributed by atoms with E-state index in [-0.39, 0.29) is 5.75 Å². The van der Waals surface area contributed by atoms with Crippen LogP contribution in [0.1, 0.15) is 0 Å². The highest BCUT2D eigenvalue weighted by molar-refractivity contribution is 7.45. The van der Waals surface area contributed by atoms with Gasteiger partial charge in [0, 0.05) is 16.3 Å². The summed E-state index contributed by atoms with van der Waals surface area (Å²) in [7, 11) is -9.07. The van der Waals surface area contributed by atoms with E-state index < -0.39 is 25.5 Å². The summed E-state index contributed by atoms with van der Waals surface area (Å²) in [6, 6.07) is 76.5. The highest BCUT2D eigenvalue weighted by Gasteiger charge is 2.40. The van der Waals surface area contributed by atoms with Gasteiger partial charge in [0.15, 0.2) is 0 Å². The Hall–Kier alpha value is -6.66. The van der Waals surface area contributed by atoms with Crippen molar-refractivity contribution in [2.75, 3.05) is 0 Å². The van der Waals surface area contributed by atoms with Crippen LogP contribution in [0.4, 0.5) is 0 Å². The van der Waals surface area contributed by atoms with E-state index in [1.54, 1.807) is 6.07 Å². The van der Waals surface area contributed by atoms with Crippen LogP contribution in [-0.4, -0.2) is 8.32 Å². The van der Waals surface area contributed by atoms with E-state index >= 15 is 0 Å². The van der Waals surface area contributed by atoms with Crippen LogP contribution in [0.2, 0.25) is 13.1 Å². The van der Waals surface area contributed by atoms with Crippen LogP contribution in [0.5, 0.6) is 17.2 Å². The standard InChI is InChI=1S/C56H44O6P2Si/c1-65(2,62-64(60-52-37-21-19-33-47(52)43-27-11-5-12-28-43)61-53-38-22-20-34-48(53)44-29-13-6-14-30-44)56-54(59-63(57)58)40-39-51(49-35-17-15-31-45(49)41-23-7-3-8-24-41)55(56)50-36-18-16-32-46(50)42-25-9-4-10-26-42/h3-40H,1-2H3/q-2. The van der Waals surface area contributed by atoms with Crippen LogP contribution in [0.25, 0.3) is 66.8 Å². The molecule has 9 heteroatoms. The van der Waals surface area contributed by atoms with E-state index in [2.05, 4.69) is 48.5 Å². The van der Waals surface area contributed by atoms with E-state index in [1.165, 1.54) is 0 Å². The molecule has 0 fully saturated rings. The molecule has 0 saturated heterocycles. The third kappa shape index (κ3) is 9.88. The minimum atomic E-state index is -3.48. The summed E-state index contributed by atoms with van der Waals surface area (Å²) in [5.74, 6) is 1.33. The Morgan fingerprint density at radius 2 is 0.677 bits per heavy atom. The zero-order valence-corrected chi connectivity index (χ0v) is 38.6. The maximum Gasteiger partial charge on any atom is 0.452 e. The second-order valence-corrected chi connectivity index (χ2v) is 21.4. The molecule has 0 aliphatic carbocycles. The molecular formula is C56H44O6P2Si-2. The van der Waals surface area contributed by atoms with Gasteiger partial charge in [0.1, 0.15) is 17.2 Å². The van der Waals surface area contributed by atoms with Crippen molar-refractivity contribution in [3.05, 3.63) is 231 Å². The molecule has 0 aliphatic rings. The highest BCUT2D eigenvalue weighted by atomic mass is 31.2. The van der Waals surface area contributed by atoms with Gasteiger partial charge in [-0.05, 0) is 86.9 Å². The molecule has 9 aromatic carbocycles. The second kappa shape index (κ2) is 20.0. The number of para-hydroxylation sites is 2. The molecule has 0 aromatic heterocycles. The van der Waals surface area contributed by atoms with Gasteiger partial charge in [0.05, 0.1) is 0 Å². The maximum absolute atomic E-state index is 12.8. The topological polar surface area (TPSA) is 83.0 Å². The smallest absolute Gasteiger partial charge is 0.452 e. The third-order valence-corrected chi connectivity index (χ3v) is 16.3. The van der Waals surface area contributed by atoms with Crippen molar-refractivity contribution < 1.29 is 27.6 Å². The van der Waals surface area contributed by atoms with Gasteiger partial charge in [-0.2, -0.15) is 0 Å². The average Bonchev–Trinajstić information content (AvgIpc) is 3.35. The van der Waals surface area contributed by atoms with Crippen LogP contribution >= 0.6 is 17.2 Å². The monoisotopic (exact) mass is 902 g/mol. The number of hydrogen-bond donors (Lipinski definition) is 0. The fourth-order valence-electron chi connectivity index (χ4n) is 8.25. The van der Waals surface area contributed by atoms with Crippen LogP contribution in [0.3, 0.4) is 0 Å². The molecule has 65 heavy (non-hydrogen) atoms. The summed E-state index contributed by atoms with van der Waals surface area (Å²) in [4.78, 5) is 25.5. The molecule has 0 unspecified atom stereocenters. The first-order chi connectivity index (χ1) is 31.8. The largest absolute Gasteiger partial charge is 0.810 e. The first-order valence-electron chi connectivity index (χ1n) is 21.3. The minimum Gasteiger partial charge on any atom is -0.810 e. The molecule has 6 nitrogen and oxygen atoms in total. The molecule has 0 heterocycles. The Kier molecular flexibility index (Phi) is 13.4. The lowest BCUT2D eigenvalue weighted by atomic mass is 9.86. The first-order valence-corrected chi connectivity index (χ1v) is 26.4. The number of benzene rings is 9. The molecule has 9 aromatic rings. The van der Waals surface area contributed by atoms with Gasteiger partial charge in [-0.15, -0.1) is 0 Å². The summed E-state index contributed by atoms with van der Waals surface area (Å²) in [5, 5.41) is 0.632. The van der Waals surface area contributed by atoms with Crippen molar-refractivity contribution in [1.29, 1.82) is 0 Å². The lowest BCUT2D eigenvalue weighted by Gasteiger charge is -2.36. The Balaban J connectivity index is 1.27. The lowest BCUT2D eigenvalue weighted by Crippen LogP contribution is -2.46. The first kappa shape index (κ1) is 43.6. The minimum absolute atomic E-state index is 0.181. The van der Waals surface area contributed by atoms with Crippen molar-refractivity contribution in [3.8, 4) is 84.0 Å². The molecule has 0 amide bonds. The van der Waals surface area contributed by atoms with E-state index in [0.717, 1.165) is 66.8 Å². The van der Waals surface area contributed by atoms with Gasteiger partial charge in [-0.3, -0.25) is 0 Å². The zero-order valence-electron chi connectivity index (χ0n) is 35.8. The van der Waals surface area contributed by atoms with Gasteiger partial charge >= 0.3 is 8.60 Å². The number of rotatable bonds is 15. The summed E-state index contributed by atoms with van der Waals surface area (Å²) in [6.07, 6.45) is 0. The predicted molar refractivity (Wildman–Crippen MR) is 266 cm³/mol. The quantitative estimate of drug-likeness (QED) is 0.0753.